The third kappa shape index (κ3) is 6.86. The molecule has 176 valence electrons. The standard InChI is InChI=1S/C25H22F2N2O5/c1-16(17-7-3-2-4-8-17)28-23(31)20-9-5-6-10-21(20)29-22(30)15-33-24(32)18-11-13-19(14-12-18)34-25(26)27/h2-14,16,25H,15H2,1H3,(H,28,31)(H,29,30). The van der Waals surface area contributed by atoms with E-state index in [9.17, 15) is 23.2 Å². The Balaban J connectivity index is 1.57. The van der Waals surface area contributed by atoms with E-state index in [2.05, 4.69) is 15.4 Å². The molecule has 0 fully saturated rings. The number of amides is 2. The van der Waals surface area contributed by atoms with Crippen molar-refractivity contribution in [1.29, 1.82) is 0 Å². The molecule has 2 N–H and O–H groups in total. The second kappa shape index (κ2) is 11.6. The third-order valence-corrected chi connectivity index (χ3v) is 4.74. The maximum atomic E-state index is 12.8. The molecule has 0 saturated carbocycles. The number of hydrogen-bond acceptors (Lipinski definition) is 5. The molecule has 0 aliphatic heterocycles. The molecular weight excluding hydrogens is 446 g/mol. The summed E-state index contributed by atoms with van der Waals surface area (Å²) >= 11 is 0. The van der Waals surface area contributed by atoms with Gasteiger partial charge in [0.2, 0.25) is 0 Å². The van der Waals surface area contributed by atoms with E-state index in [1.807, 2.05) is 37.3 Å². The average Bonchev–Trinajstić information content (AvgIpc) is 2.83. The van der Waals surface area contributed by atoms with Crippen LogP contribution in [0.5, 0.6) is 5.75 Å². The first-order valence-corrected chi connectivity index (χ1v) is 10.3. The number of carbonyl (C=O) groups is 3. The Morgan fingerprint density at radius 1 is 0.882 bits per heavy atom. The summed E-state index contributed by atoms with van der Waals surface area (Å²) in [7, 11) is 0. The first-order chi connectivity index (χ1) is 16.3. The maximum Gasteiger partial charge on any atom is 0.387 e. The van der Waals surface area contributed by atoms with Gasteiger partial charge in [0, 0.05) is 0 Å². The lowest BCUT2D eigenvalue weighted by molar-refractivity contribution is -0.119. The molecule has 1 atom stereocenters. The molecule has 0 saturated heterocycles. The van der Waals surface area contributed by atoms with Crippen LogP contribution >= 0.6 is 0 Å². The third-order valence-electron chi connectivity index (χ3n) is 4.74. The van der Waals surface area contributed by atoms with Crippen LogP contribution < -0.4 is 15.4 Å². The highest BCUT2D eigenvalue weighted by Crippen LogP contribution is 2.18. The molecule has 0 aliphatic carbocycles. The number of para-hydroxylation sites is 1. The van der Waals surface area contributed by atoms with E-state index in [1.54, 1.807) is 24.3 Å². The van der Waals surface area contributed by atoms with Crippen LogP contribution in [0.25, 0.3) is 0 Å². The van der Waals surface area contributed by atoms with Crippen molar-refractivity contribution in [3.63, 3.8) is 0 Å². The lowest BCUT2D eigenvalue weighted by atomic mass is 10.1. The summed E-state index contributed by atoms with van der Waals surface area (Å²) in [6, 6.07) is 20.5. The Morgan fingerprint density at radius 3 is 2.21 bits per heavy atom. The molecule has 0 spiro atoms. The number of carbonyl (C=O) groups excluding carboxylic acids is 3. The Morgan fingerprint density at radius 2 is 1.53 bits per heavy atom. The molecule has 1 unspecified atom stereocenters. The van der Waals surface area contributed by atoms with Gasteiger partial charge in [-0.25, -0.2) is 4.79 Å². The van der Waals surface area contributed by atoms with Crippen LogP contribution in [0.2, 0.25) is 0 Å². The van der Waals surface area contributed by atoms with E-state index in [0.29, 0.717) is 0 Å². The van der Waals surface area contributed by atoms with Gasteiger partial charge in [0.25, 0.3) is 11.8 Å². The van der Waals surface area contributed by atoms with Gasteiger partial charge in [0.15, 0.2) is 6.61 Å². The predicted octanol–water partition coefficient (Wildman–Crippen LogP) is 4.57. The van der Waals surface area contributed by atoms with E-state index < -0.39 is 25.1 Å². The fraction of sp³-hybridized carbons (Fsp3) is 0.160. The van der Waals surface area contributed by atoms with Crippen LogP contribution in [0, 0.1) is 0 Å². The number of halogens is 2. The summed E-state index contributed by atoms with van der Waals surface area (Å²) in [5.74, 6) is -1.96. The summed E-state index contributed by atoms with van der Waals surface area (Å²) in [6.45, 7) is -1.74. The first kappa shape index (κ1) is 24.4. The molecule has 3 rings (SSSR count). The summed E-state index contributed by atoms with van der Waals surface area (Å²) in [6.07, 6.45) is 0. The summed E-state index contributed by atoms with van der Waals surface area (Å²) < 4.78 is 33.6. The summed E-state index contributed by atoms with van der Waals surface area (Å²) in [5.41, 5.74) is 1.50. The van der Waals surface area contributed by atoms with E-state index in [4.69, 9.17) is 4.74 Å². The maximum absolute atomic E-state index is 12.8. The van der Waals surface area contributed by atoms with Gasteiger partial charge in [-0.15, -0.1) is 0 Å². The largest absolute Gasteiger partial charge is 0.452 e. The smallest absolute Gasteiger partial charge is 0.387 e. The lowest BCUT2D eigenvalue weighted by Crippen LogP contribution is -2.28. The van der Waals surface area contributed by atoms with Crippen molar-refractivity contribution in [1.82, 2.24) is 5.32 Å². The number of alkyl halides is 2. The minimum Gasteiger partial charge on any atom is -0.452 e. The number of anilines is 1. The Hall–Kier alpha value is -4.27. The van der Waals surface area contributed by atoms with E-state index in [0.717, 1.165) is 5.56 Å². The second-order valence-electron chi connectivity index (χ2n) is 7.18. The highest BCUT2D eigenvalue weighted by molar-refractivity contribution is 6.04. The van der Waals surface area contributed by atoms with E-state index in [1.165, 1.54) is 24.3 Å². The lowest BCUT2D eigenvalue weighted by Gasteiger charge is -2.16. The van der Waals surface area contributed by atoms with Crippen LogP contribution in [0.3, 0.4) is 0 Å². The molecular formula is C25H22F2N2O5. The van der Waals surface area contributed by atoms with E-state index in [-0.39, 0.29) is 34.5 Å². The Kier molecular flexibility index (Phi) is 8.28. The van der Waals surface area contributed by atoms with Crippen molar-refractivity contribution in [2.75, 3.05) is 11.9 Å². The number of ether oxygens (including phenoxy) is 2. The van der Waals surface area contributed by atoms with Gasteiger partial charge in [-0.05, 0) is 48.9 Å². The van der Waals surface area contributed by atoms with E-state index >= 15 is 0 Å². The molecule has 0 aliphatic rings. The fourth-order valence-electron chi connectivity index (χ4n) is 3.06. The Bertz CT molecular complexity index is 1140. The number of hydrogen-bond donors (Lipinski definition) is 2. The van der Waals surface area contributed by atoms with Gasteiger partial charge in [-0.3, -0.25) is 9.59 Å². The molecule has 3 aromatic carbocycles. The van der Waals surface area contributed by atoms with Crippen LogP contribution in [-0.2, 0) is 9.53 Å². The van der Waals surface area contributed by atoms with Crippen LogP contribution in [0.1, 0.15) is 39.2 Å². The summed E-state index contributed by atoms with van der Waals surface area (Å²) in [4.78, 5) is 37.2. The molecule has 9 heteroatoms. The highest BCUT2D eigenvalue weighted by Gasteiger charge is 2.17. The van der Waals surface area contributed by atoms with Crippen molar-refractivity contribution in [2.45, 2.75) is 19.6 Å². The van der Waals surface area contributed by atoms with Crippen molar-refractivity contribution in [3.05, 3.63) is 95.6 Å². The van der Waals surface area contributed by atoms with Gasteiger partial charge < -0.3 is 20.1 Å². The molecule has 0 bridgehead atoms. The predicted molar refractivity (Wildman–Crippen MR) is 121 cm³/mol. The van der Waals surface area contributed by atoms with Gasteiger partial charge in [-0.2, -0.15) is 8.78 Å². The molecule has 0 heterocycles. The van der Waals surface area contributed by atoms with Crippen molar-refractivity contribution < 1.29 is 32.6 Å². The zero-order valence-electron chi connectivity index (χ0n) is 18.2. The van der Waals surface area contributed by atoms with Gasteiger partial charge in [0.05, 0.1) is 22.9 Å². The van der Waals surface area contributed by atoms with Crippen LogP contribution in [0.15, 0.2) is 78.9 Å². The first-order valence-electron chi connectivity index (χ1n) is 10.3. The minimum absolute atomic E-state index is 0.0593. The van der Waals surface area contributed by atoms with Gasteiger partial charge >= 0.3 is 12.6 Å². The molecule has 3 aromatic rings. The van der Waals surface area contributed by atoms with Gasteiger partial charge in [-0.1, -0.05) is 42.5 Å². The van der Waals surface area contributed by atoms with Crippen LogP contribution in [0.4, 0.5) is 14.5 Å². The molecule has 7 nitrogen and oxygen atoms in total. The average molecular weight is 468 g/mol. The zero-order chi connectivity index (χ0) is 24.5. The molecule has 0 radical (unpaired) electrons. The van der Waals surface area contributed by atoms with Crippen molar-refractivity contribution in [3.8, 4) is 5.75 Å². The molecule has 34 heavy (non-hydrogen) atoms. The van der Waals surface area contributed by atoms with Gasteiger partial charge in [0.1, 0.15) is 5.75 Å². The SMILES string of the molecule is CC(NC(=O)c1ccccc1NC(=O)COC(=O)c1ccc(OC(F)F)cc1)c1ccccc1. The zero-order valence-corrected chi connectivity index (χ0v) is 18.2. The normalized spacial score (nSPS) is 11.4. The highest BCUT2D eigenvalue weighted by atomic mass is 19.3. The van der Waals surface area contributed by atoms with Crippen molar-refractivity contribution in [2.24, 2.45) is 0 Å². The monoisotopic (exact) mass is 468 g/mol. The number of benzene rings is 3. The summed E-state index contributed by atoms with van der Waals surface area (Å²) in [5, 5.41) is 5.44. The fourth-order valence-corrected chi connectivity index (χ4v) is 3.06. The number of nitrogens with one attached hydrogen (secondary N) is 2. The minimum atomic E-state index is -2.98. The molecule has 2 amide bonds. The quantitative estimate of drug-likeness (QED) is 0.449. The topological polar surface area (TPSA) is 93.7 Å². The number of rotatable bonds is 9. The second-order valence-corrected chi connectivity index (χ2v) is 7.18. The van der Waals surface area contributed by atoms with Crippen molar-refractivity contribution >= 4 is 23.5 Å². The van der Waals surface area contributed by atoms with Crippen LogP contribution in [-0.4, -0.2) is 31.0 Å². The Labute approximate surface area is 194 Å². The number of esters is 1. The molecule has 0 aromatic heterocycles.